The summed E-state index contributed by atoms with van der Waals surface area (Å²) in [7, 11) is 1.56. The molecule has 1 aliphatic rings. The van der Waals surface area contributed by atoms with Gasteiger partial charge in [-0.15, -0.1) is 0 Å². The first kappa shape index (κ1) is 17.1. The molecular weight excluding hydrogens is 302 g/mol. The topological polar surface area (TPSA) is 49.4 Å². The third kappa shape index (κ3) is 4.37. The molecule has 2 rings (SSSR count). The summed E-state index contributed by atoms with van der Waals surface area (Å²) >= 11 is 0. The van der Waals surface area contributed by atoms with Crippen molar-refractivity contribution in [2.45, 2.75) is 25.7 Å². The Hall–Kier alpha value is -2.24. The zero-order valence-corrected chi connectivity index (χ0v) is 13.1. The van der Waals surface area contributed by atoms with Crippen molar-refractivity contribution < 1.29 is 18.4 Å². The molecular formula is C17H20F2N2O2. The molecule has 6 heteroatoms. The normalized spacial score (nSPS) is 14.4. The van der Waals surface area contributed by atoms with Crippen LogP contribution in [0.15, 0.2) is 24.3 Å². The van der Waals surface area contributed by atoms with E-state index in [-0.39, 0.29) is 17.4 Å². The van der Waals surface area contributed by atoms with Gasteiger partial charge in [0.1, 0.15) is 11.6 Å². The Balaban J connectivity index is 1.93. The lowest BCUT2D eigenvalue weighted by Crippen LogP contribution is -2.34. The van der Waals surface area contributed by atoms with E-state index in [0.29, 0.717) is 44.3 Å². The Morgan fingerprint density at radius 1 is 1.22 bits per heavy atom. The van der Waals surface area contributed by atoms with E-state index in [1.54, 1.807) is 18.0 Å². The van der Waals surface area contributed by atoms with Crippen molar-refractivity contribution in [1.29, 1.82) is 0 Å². The molecule has 1 aliphatic heterocycles. The highest BCUT2D eigenvalue weighted by Crippen LogP contribution is 2.27. The van der Waals surface area contributed by atoms with Crippen molar-refractivity contribution in [3.63, 3.8) is 0 Å². The molecule has 0 atom stereocenters. The highest BCUT2D eigenvalue weighted by Gasteiger charge is 2.21. The summed E-state index contributed by atoms with van der Waals surface area (Å²) in [5, 5.41) is 2.51. The zero-order valence-electron chi connectivity index (χ0n) is 13.1. The molecule has 1 heterocycles. The smallest absolute Gasteiger partial charge is 0.222 e. The molecule has 0 aromatic heterocycles. The highest BCUT2D eigenvalue weighted by atomic mass is 19.1. The predicted octanol–water partition coefficient (Wildman–Crippen LogP) is 2.50. The maximum absolute atomic E-state index is 13.8. The zero-order chi connectivity index (χ0) is 16.8. The molecule has 124 valence electrons. The van der Waals surface area contributed by atoms with Gasteiger partial charge >= 0.3 is 0 Å². The van der Waals surface area contributed by atoms with Gasteiger partial charge < -0.3 is 10.2 Å². The molecule has 0 saturated heterocycles. The minimum absolute atomic E-state index is 0.000726. The largest absolute Gasteiger partial charge is 0.359 e. The minimum atomic E-state index is -0.582. The summed E-state index contributed by atoms with van der Waals surface area (Å²) in [6.45, 7) is 0.764. The number of nitrogens with one attached hydrogen (secondary N) is 1. The van der Waals surface area contributed by atoms with E-state index in [2.05, 4.69) is 5.32 Å². The van der Waals surface area contributed by atoms with Crippen LogP contribution in [0.5, 0.6) is 0 Å². The van der Waals surface area contributed by atoms with Gasteiger partial charge in [-0.2, -0.15) is 0 Å². The van der Waals surface area contributed by atoms with Gasteiger partial charge in [-0.25, -0.2) is 8.78 Å². The molecule has 23 heavy (non-hydrogen) atoms. The van der Waals surface area contributed by atoms with Crippen molar-refractivity contribution >= 4 is 17.4 Å². The number of amides is 2. The van der Waals surface area contributed by atoms with Crippen LogP contribution in [-0.4, -0.2) is 36.9 Å². The fourth-order valence-electron chi connectivity index (χ4n) is 2.61. The summed E-state index contributed by atoms with van der Waals surface area (Å²) in [6.07, 6.45) is 3.22. The maximum atomic E-state index is 13.8. The number of hydrogen-bond acceptors (Lipinski definition) is 2. The first-order chi connectivity index (χ1) is 11.0. The van der Waals surface area contributed by atoms with Crippen molar-refractivity contribution in [2.75, 3.05) is 20.1 Å². The number of benzene rings is 1. The summed E-state index contributed by atoms with van der Waals surface area (Å²) in [5.74, 6) is -1.30. The number of hydrogen-bond donors (Lipinski definition) is 1. The lowest BCUT2D eigenvalue weighted by Gasteiger charge is -2.27. The van der Waals surface area contributed by atoms with Gasteiger partial charge in [0.15, 0.2) is 0 Å². The third-order valence-electron chi connectivity index (χ3n) is 3.92. The monoisotopic (exact) mass is 322 g/mol. The summed E-state index contributed by atoms with van der Waals surface area (Å²) in [6, 6.07) is 3.80. The van der Waals surface area contributed by atoms with Crippen LogP contribution in [0.1, 0.15) is 31.2 Å². The van der Waals surface area contributed by atoms with Gasteiger partial charge in [0.25, 0.3) is 0 Å². The first-order valence-electron chi connectivity index (χ1n) is 7.64. The van der Waals surface area contributed by atoms with E-state index in [1.165, 1.54) is 18.2 Å². The van der Waals surface area contributed by atoms with Crippen LogP contribution < -0.4 is 5.32 Å². The van der Waals surface area contributed by atoms with Crippen LogP contribution in [-0.2, 0) is 9.59 Å². The van der Waals surface area contributed by atoms with Crippen molar-refractivity contribution in [1.82, 2.24) is 10.2 Å². The van der Waals surface area contributed by atoms with Crippen LogP contribution in [0.3, 0.4) is 0 Å². The molecule has 1 aromatic rings. The van der Waals surface area contributed by atoms with Gasteiger partial charge in [0, 0.05) is 38.5 Å². The van der Waals surface area contributed by atoms with Crippen LogP contribution in [0.4, 0.5) is 8.78 Å². The summed E-state index contributed by atoms with van der Waals surface area (Å²) in [4.78, 5) is 24.8. The lowest BCUT2D eigenvalue weighted by atomic mass is 9.98. The molecule has 0 radical (unpaired) electrons. The Morgan fingerprint density at radius 2 is 1.91 bits per heavy atom. The fraction of sp³-hybridized carbons (Fsp3) is 0.412. The Bertz CT molecular complexity index is 609. The molecule has 1 N–H and O–H groups in total. The van der Waals surface area contributed by atoms with Gasteiger partial charge in [0.05, 0.1) is 0 Å². The molecule has 0 fully saturated rings. The molecule has 0 aliphatic carbocycles. The molecule has 0 saturated carbocycles. The lowest BCUT2D eigenvalue weighted by molar-refractivity contribution is -0.131. The van der Waals surface area contributed by atoms with Crippen LogP contribution in [0.2, 0.25) is 0 Å². The van der Waals surface area contributed by atoms with E-state index in [1.807, 2.05) is 0 Å². The molecule has 1 aromatic carbocycles. The van der Waals surface area contributed by atoms with Gasteiger partial charge in [-0.05, 0) is 30.5 Å². The second-order valence-electron chi connectivity index (χ2n) is 5.44. The van der Waals surface area contributed by atoms with Gasteiger partial charge in [-0.3, -0.25) is 9.59 Å². The number of carbonyl (C=O) groups excluding carboxylic acids is 2. The number of carbonyl (C=O) groups is 2. The molecule has 0 bridgehead atoms. The SMILES string of the molecule is CNC(=O)CCCC(=O)N1CC=C(c2c(F)cccc2F)CC1. The van der Waals surface area contributed by atoms with E-state index in [4.69, 9.17) is 0 Å². The molecule has 2 amide bonds. The van der Waals surface area contributed by atoms with E-state index in [0.717, 1.165) is 0 Å². The van der Waals surface area contributed by atoms with Crippen LogP contribution in [0, 0.1) is 11.6 Å². The average molecular weight is 322 g/mol. The van der Waals surface area contributed by atoms with Crippen molar-refractivity contribution in [3.8, 4) is 0 Å². The minimum Gasteiger partial charge on any atom is -0.359 e. The Labute approximate surface area is 134 Å². The van der Waals surface area contributed by atoms with Crippen molar-refractivity contribution in [2.24, 2.45) is 0 Å². The Morgan fingerprint density at radius 3 is 2.48 bits per heavy atom. The standard InChI is InChI=1S/C17H20F2N2O2/c1-20-15(22)6-3-7-16(23)21-10-8-12(9-11-21)17-13(18)4-2-5-14(17)19/h2,4-5,8H,3,6-7,9-11H2,1H3,(H,20,22). The second kappa shape index (κ2) is 7.85. The summed E-state index contributed by atoms with van der Waals surface area (Å²) in [5.41, 5.74) is 0.592. The van der Waals surface area contributed by atoms with E-state index < -0.39 is 11.6 Å². The quantitative estimate of drug-likeness (QED) is 0.905. The summed E-state index contributed by atoms with van der Waals surface area (Å²) < 4.78 is 27.5. The highest BCUT2D eigenvalue weighted by molar-refractivity contribution is 5.80. The molecule has 0 spiro atoms. The number of nitrogens with zero attached hydrogens (tertiary/aromatic N) is 1. The Kier molecular flexibility index (Phi) is 5.84. The van der Waals surface area contributed by atoms with Crippen LogP contribution in [0.25, 0.3) is 5.57 Å². The molecule has 0 unspecified atom stereocenters. The van der Waals surface area contributed by atoms with E-state index in [9.17, 15) is 18.4 Å². The van der Waals surface area contributed by atoms with Gasteiger partial charge in [0.2, 0.25) is 11.8 Å². The first-order valence-corrected chi connectivity index (χ1v) is 7.64. The number of halogens is 2. The third-order valence-corrected chi connectivity index (χ3v) is 3.92. The van der Waals surface area contributed by atoms with E-state index >= 15 is 0 Å². The number of rotatable bonds is 5. The second-order valence-corrected chi connectivity index (χ2v) is 5.44. The molecule has 4 nitrogen and oxygen atoms in total. The van der Waals surface area contributed by atoms with Crippen LogP contribution >= 0.6 is 0 Å². The van der Waals surface area contributed by atoms with Gasteiger partial charge in [-0.1, -0.05) is 12.1 Å². The average Bonchev–Trinajstić information content (AvgIpc) is 2.55. The van der Waals surface area contributed by atoms with Crippen molar-refractivity contribution in [3.05, 3.63) is 41.5 Å². The predicted molar refractivity (Wildman–Crippen MR) is 83.4 cm³/mol. The fourth-order valence-corrected chi connectivity index (χ4v) is 2.61. The maximum Gasteiger partial charge on any atom is 0.222 e.